The predicted octanol–water partition coefficient (Wildman–Crippen LogP) is 2.65. The summed E-state index contributed by atoms with van der Waals surface area (Å²) in [5.41, 5.74) is 3.09. The Hall–Kier alpha value is -3.87. The van der Waals surface area contributed by atoms with Gasteiger partial charge in [-0.2, -0.15) is 0 Å². The number of hydrogen-bond donors (Lipinski definition) is 1. The lowest BCUT2D eigenvalue weighted by Crippen LogP contribution is -2.48. The lowest BCUT2D eigenvalue weighted by atomic mass is 10.1. The van der Waals surface area contributed by atoms with E-state index in [4.69, 9.17) is 0 Å². The van der Waals surface area contributed by atoms with E-state index in [9.17, 15) is 9.59 Å². The number of nitrogens with zero attached hydrogens (tertiary/aromatic N) is 4. The van der Waals surface area contributed by atoms with Crippen LogP contribution in [0.4, 0.5) is 5.69 Å². The number of hydrogen-bond acceptors (Lipinski definition) is 4. The molecule has 1 aliphatic heterocycles. The standard InChI is InChI=1S/C23H21N5O2/c29-21-15-20(17-7-3-1-4-8-17)25-22-19(16-24-28(21)22)23(30)27-13-11-26(12-14-27)18-9-5-2-6-10-18/h1-10,15-16,24H,11-14H2. The Labute approximate surface area is 173 Å². The molecule has 1 N–H and O–H groups in total. The Bertz CT molecular complexity index is 1240. The Morgan fingerprint density at radius 1 is 0.900 bits per heavy atom. The van der Waals surface area contributed by atoms with E-state index in [0.29, 0.717) is 30.0 Å². The van der Waals surface area contributed by atoms with Crippen LogP contribution in [0.25, 0.3) is 16.9 Å². The highest BCUT2D eigenvalue weighted by Gasteiger charge is 2.25. The molecule has 0 unspecified atom stereocenters. The summed E-state index contributed by atoms with van der Waals surface area (Å²) in [7, 11) is 0. The van der Waals surface area contributed by atoms with Crippen LogP contribution in [-0.4, -0.2) is 51.6 Å². The van der Waals surface area contributed by atoms with Crippen molar-refractivity contribution in [2.75, 3.05) is 31.1 Å². The molecule has 3 heterocycles. The molecule has 0 atom stereocenters. The quantitative estimate of drug-likeness (QED) is 0.575. The lowest BCUT2D eigenvalue weighted by molar-refractivity contribution is 0.0748. The van der Waals surface area contributed by atoms with Crippen LogP contribution in [0.5, 0.6) is 0 Å². The van der Waals surface area contributed by atoms with E-state index < -0.39 is 0 Å². The Morgan fingerprint density at radius 3 is 2.27 bits per heavy atom. The molecular formula is C23H21N5O2. The summed E-state index contributed by atoms with van der Waals surface area (Å²) in [6.45, 7) is 2.77. The Morgan fingerprint density at radius 2 is 1.57 bits per heavy atom. The number of anilines is 1. The molecule has 7 nitrogen and oxygen atoms in total. The van der Waals surface area contributed by atoms with Crippen molar-refractivity contribution in [2.45, 2.75) is 0 Å². The van der Waals surface area contributed by atoms with Gasteiger partial charge in [-0.05, 0) is 12.1 Å². The van der Waals surface area contributed by atoms with Gasteiger partial charge in [0.25, 0.3) is 11.5 Å². The van der Waals surface area contributed by atoms with Crippen LogP contribution in [0.2, 0.25) is 0 Å². The van der Waals surface area contributed by atoms with Crippen LogP contribution in [0.3, 0.4) is 0 Å². The SMILES string of the molecule is O=C(c1c[nH]n2c(=O)cc(-c3ccccc3)nc12)N1CCN(c2ccccc2)CC1. The molecular weight excluding hydrogens is 378 g/mol. The molecule has 0 spiro atoms. The zero-order valence-electron chi connectivity index (χ0n) is 16.4. The number of fused-ring (bicyclic) bond motifs is 1. The Balaban J connectivity index is 1.42. The number of aromatic nitrogens is 3. The van der Waals surface area contributed by atoms with Crippen molar-refractivity contribution in [1.29, 1.82) is 0 Å². The molecule has 30 heavy (non-hydrogen) atoms. The van der Waals surface area contributed by atoms with Gasteiger partial charge in [-0.15, -0.1) is 0 Å². The number of para-hydroxylation sites is 1. The molecule has 7 heteroatoms. The van der Waals surface area contributed by atoms with Gasteiger partial charge in [-0.1, -0.05) is 48.5 Å². The number of benzene rings is 2. The van der Waals surface area contributed by atoms with Crippen LogP contribution >= 0.6 is 0 Å². The third kappa shape index (κ3) is 3.24. The smallest absolute Gasteiger partial charge is 0.273 e. The van der Waals surface area contributed by atoms with E-state index in [2.05, 4.69) is 27.1 Å². The Kier molecular flexibility index (Phi) is 4.55. The predicted molar refractivity (Wildman–Crippen MR) is 116 cm³/mol. The maximum absolute atomic E-state index is 13.2. The second-order valence-electron chi connectivity index (χ2n) is 7.31. The number of nitrogens with one attached hydrogen (secondary N) is 1. The minimum atomic E-state index is -0.244. The topological polar surface area (TPSA) is 73.7 Å². The highest BCUT2D eigenvalue weighted by molar-refractivity contribution is 6.00. The summed E-state index contributed by atoms with van der Waals surface area (Å²) in [5.74, 6) is -0.112. The second-order valence-corrected chi connectivity index (χ2v) is 7.31. The number of piperazine rings is 1. The van der Waals surface area contributed by atoms with Crippen LogP contribution in [-0.2, 0) is 0 Å². The van der Waals surface area contributed by atoms with Gasteiger partial charge in [-0.25, -0.2) is 9.50 Å². The van der Waals surface area contributed by atoms with Gasteiger partial charge in [0.1, 0.15) is 5.56 Å². The molecule has 0 saturated carbocycles. The van der Waals surface area contributed by atoms with Crippen molar-refractivity contribution in [1.82, 2.24) is 19.5 Å². The monoisotopic (exact) mass is 399 g/mol. The lowest BCUT2D eigenvalue weighted by Gasteiger charge is -2.36. The molecule has 2 aromatic carbocycles. The van der Waals surface area contributed by atoms with Gasteiger partial charge >= 0.3 is 0 Å². The van der Waals surface area contributed by atoms with Crippen molar-refractivity contribution in [3.63, 3.8) is 0 Å². The summed E-state index contributed by atoms with van der Waals surface area (Å²) in [6, 6.07) is 21.2. The van der Waals surface area contributed by atoms with Gasteiger partial charge in [0, 0.05) is 49.7 Å². The largest absolute Gasteiger partial charge is 0.368 e. The number of rotatable bonds is 3. The van der Waals surface area contributed by atoms with Crippen molar-refractivity contribution in [3.8, 4) is 11.3 Å². The molecule has 0 bridgehead atoms. The van der Waals surface area contributed by atoms with Gasteiger partial charge in [-0.3, -0.25) is 14.7 Å². The van der Waals surface area contributed by atoms with E-state index in [1.165, 1.54) is 10.6 Å². The molecule has 4 aromatic rings. The average Bonchev–Trinajstić information content (AvgIpc) is 3.24. The van der Waals surface area contributed by atoms with Crippen molar-refractivity contribution < 1.29 is 4.79 Å². The van der Waals surface area contributed by atoms with E-state index >= 15 is 0 Å². The summed E-state index contributed by atoms with van der Waals surface area (Å²) < 4.78 is 1.32. The number of amides is 1. The van der Waals surface area contributed by atoms with Crippen molar-refractivity contribution >= 4 is 17.2 Å². The number of aromatic amines is 1. The molecule has 1 fully saturated rings. The molecule has 1 aliphatic rings. The minimum absolute atomic E-state index is 0.112. The summed E-state index contributed by atoms with van der Waals surface area (Å²) in [6.07, 6.45) is 1.57. The van der Waals surface area contributed by atoms with E-state index in [-0.39, 0.29) is 11.5 Å². The molecule has 1 saturated heterocycles. The zero-order valence-corrected chi connectivity index (χ0v) is 16.4. The summed E-state index contributed by atoms with van der Waals surface area (Å²) >= 11 is 0. The van der Waals surface area contributed by atoms with E-state index in [1.807, 2.05) is 53.4 Å². The first kappa shape index (κ1) is 18.2. The third-order valence-electron chi connectivity index (χ3n) is 5.49. The first-order chi connectivity index (χ1) is 14.7. The summed E-state index contributed by atoms with van der Waals surface area (Å²) in [5, 5.41) is 2.87. The zero-order chi connectivity index (χ0) is 20.5. The highest BCUT2D eigenvalue weighted by atomic mass is 16.2. The second kappa shape index (κ2) is 7.51. The van der Waals surface area contributed by atoms with Crippen LogP contribution in [0.15, 0.2) is 77.7 Å². The van der Waals surface area contributed by atoms with Gasteiger partial charge in [0.2, 0.25) is 0 Å². The fourth-order valence-electron chi connectivity index (χ4n) is 3.87. The van der Waals surface area contributed by atoms with Gasteiger partial charge in [0.05, 0.1) is 5.69 Å². The van der Waals surface area contributed by atoms with Crippen LogP contribution < -0.4 is 10.5 Å². The van der Waals surface area contributed by atoms with E-state index in [1.54, 1.807) is 6.20 Å². The first-order valence-electron chi connectivity index (χ1n) is 9.96. The molecule has 150 valence electrons. The van der Waals surface area contributed by atoms with Gasteiger partial charge in [0.15, 0.2) is 5.65 Å². The average molecular weight is 399 g/mol. The maximum atomic E-state index is 13.2. The number of H-pyrrole nitrogens is 1. The van der Waals surface area contributed by atoms with Crippen LogP contribution in [0, 0.1) is 0 Å². The number of carbonyl (C=O) groups excluding carboxylic acids is 1. The van der Waals surface area contributed by atoms with Crippen molar-refractivity contribution in [2.24, 2.45) is 0 Å². The molecule has 5 rings (SSSR count). The highest BCUT2D eigenvalue weighted by Crippen LogP contribution is 2.20. The molecule has 0 aliphatic carbocycles. The van der Waals surface area contributed by atoms with Crippen molar-refractivity contribution in [3.05, 3.63) is 88.8 Å². The fraction of sp³-hybridized carbons (Fsp3) is 0.174. The van der Waals surface area contributed by atoms with E-state index in [0.717, 1.165) is 24.3 Å². The first-order valence-corrected chi connectivity index (χ1v) is 9.96. The molecule has 2 aromatic heterocycles. The third-order valence-corrected chi connectivity index (χ3v) is 5.49. The summed E-state index contributed by atoms with van der Waals surface area (Å²) in [4.78, 5) is 34.5. The van der Waals surface area contributed by atoms with Gasteiger partial charge < -0.3 is 9.80 Å². The normalized spacial score (nSPS) is 14.3. The minimum Gasteiger partial charge on any atom is -0.368 e. The molecule has 1 amide bonds. The molecule has 0 radical (unpaired) electrons. The number of carbonyl (C=O) groups is 1. The maximum Gasteiger partial charge on any atom is 0.273 e. The fourth-order valence-corrected chi connectivity index (χ4v) is 3.87. The van der Waals surface area contributed by atoms with Crippen LogP contribution in [0.1, 0.15) is 10.4 Å².